The fourth-order valence-corrected chi connectivity index (χ4v) is 9.02. The molecule has 0 fully saturated rings. The van der Waals surface area contributed by atoms with E-state index >= 15 is 0 Å². The molecule has 356 valence electrons. The Balaban J connectivity index is 0.000000440. The van der Waals surface area contributed by atoms with E-state index in [4.69, 9.17) is 9.47 Å². The number of hydrogen-bond acceptors (Lipinski definition) is 9. The molecule has 0 aliphatic carbocycles. The summed E-state index contributed by atoms with van der Waals surface area (Å²) in [6, 6.07) is 21.3. The van der Waals surface area contributed by atoms with Gasteiger partial charge in [-0.2, -0.15) is 8.42 Å². The number of benzene rings is 4. The van der Waals surface area contributed by atoms with Crippen LogP contribution in [0, 0.1) is 0 Å². The van der Waals surface area contributed by atoms with Crippen molar-refractivity contribution in [2.45, 2.75) is 191 Å². The summed E-state index contributed by atoms with van der Waals surface area (Å²) in [6.45, 7) is 4.49. The molecule has 2 N–H and O–H groups in total. The summed E-state index contributed by atoms with van der Waals surface area (Å²) in [5.74, 6) is 0.712. The zero-order valence-electron chi connectivity index (χ0n) is 39.2. The van der Waals surface area contributed by atoms with Crippen LogP contribution in [0.3, 0.4) is 0 Å². The molecule has 0 radical (unpaired) electrons. The third-order valence-corrected chi connectivity index (χ3v) is 13.2. The number of rotatable bonds is 32. The topological polar surface area (TPSA) is 173 Å². The van der Waals surface area contributed by atoms with Crippen LogP contribution in [-0.2, 0) is 33.1 Å². The fourth-order valence-electron chi connectivity index (χ4n) is 7.80. The van der Waals surface area contributed by atoms with E-state index < -0.39 is 25.1 Å². The van der Waals surface area contributed by atoms with Gasteiger partial charge in [-0.25, -0.2) is 8.42 Å². The van der Waals surface area contributed by atoms with Crippen LogP contribution in [0.5, 0.6) is 34.5 Å². The van der Waals surface area contributed by atoms with Crippen LogP contribution in [0.4, 0.5) is 0 Å². The van der Waals surface area contributed by atoms with Gasteiger partial charge in [-0.3, -0.25) is 4.55 Å². The zero-order chi connectivity index (χ0) is 46.5. The van der Waals surface area contributed by atoms with E-state index in [0.717, 1.165) is 32.1 Å². The maximum Gasteiger partial charge on any atom is 2.00 e. The van der Waals surface area contributed by atoms with Gasteiger partial charge in [0.25, 0.3) is 10.1 Å². The van der Waals surface area contributed by atoms with Crippen molar-refractivity contribution < 1.29 is 45.6 Å². The van der Waals surface area contributed by atoms with Gasteiger partial charge in [0, 0.05) is 5.56 Å². The number of phenols is 1. The van der Waals surface area contributed by atoms with E-state index in [1.807, 2.05) is 0 Å². The SMILES string of the molecule is CCCCCCCCCCCCCCc1c(O)cccc1Oc1ccccc1S(=O)(=O)O.CCCCCCCCCCCCCCc1c([O-])cccc1Oc1ccccc1S(=O)(=O)[O-].[Ca+2]. The molecule has 0 amide bonds. The Hall–Kier alpha value is -2.84. The number of unbranched alkanes of at least 4 members (excludes halogenated alkanes) is 22. The molecule has 0 atom stereocenters. The quantitative estimate of drug-likeness (QED) is 0.0272. The minimum Gasteiger partial charge on any atom is -0.872 e. The van der Waals surface area contributed by atoms with Crippen molar-refractivity contribution in [3.8, 4) is 34.5 Å². The number of ether oxygens (including phenoxy) is 2. The second-order valence-electron chi connectivity index (χ2n) is 16.8. The van der Waals surface area contributed by atoms with Crippen molar-refractivity contribution in [2.75, 3.05) is 0 Å². The van der Waals surface area contributed by atoms with Crippen LogP contribution in [0.2, 0.25) is 0 Å². The van der Waals surface area contributed by atoms with Crippen LogP contribution in [-0.4, -0.2) is 68.8 Å². The molecule has 0 spiro atoms. The molecule has 4 aromatic carbocycles. The summed E-state index contributed by atoms with van der Waals surface area (Å²) in [7, 11) is -9.07. The molecule has 0 unspecified atom stereocenters. The van der Waals surface area contributed by atoms with Gasteiger partial charge in [0.15, 0.2) is 0 Å². The minimum atomic E-state index is -4.67. The summed E-state index contributed by atoms with van der Waals surface area (Å²) in [6.07, 6.45) is 31.2. The predicted octanol–water partition coefficient (Wildman–Crippen LogP) is 14.0. The predicted molar refractivity (Wildman–Crippen MR) is 260 cm³/mol. The second-order valence-corrected chi connectivity index (χ2v) is 19.5. The Labute approximate surface area is 421 Å². The Morgan fingerprint density at radius 2 is 0.785 bits per heavy atom. The van der Waals surface area contributed by atoms with E-state index in [2.05, 4.69) is 13.8 Å². The molecular formula is C52H74CaO10S2. The summed E-state index contributed by atoms with van der Waals surface area (Å²) >= 11 is 0. The first kappa shape index (κ1) is 58.3. The molecular weight excluding hydrogens is 889 g/mol. The Morgan fingerprint density at radius 1 is 0.446 bits per heavy atom. The van der Waals surface area contributed by atoms with Gasteiger partial charge in [-0.1, -0.05) is 198 Å². The van der Waals surface area contributed by atoms with Crippen LogP contribution in [0.25, 0.3) is 0 Å². The van der Waals surface area contributed by atoms with Crippen molar-refractivity contribution in [1.29, 1.82) is 0 Å². The Kier molecular flexibility index (Phi) is 30.1. The molecule has 0 heterocycles. The van der Waals surface area contributed by atoms with Crippen LogP contribution >= 0.6 is 0 Å². The molecule has 0 saturated heterocycles. The van der Waals surface area contributed by atoms with Crippen molar-refractivity contribution in [1.82, 2.24) is 0 Å². The molecule has 0 aromatic heterocycles. The Morgan fingerprint density at radius 3 is 1.22 bits per heavy atom. The van der Waals surface area contributed by atoms with E-state index in [-0.39, 0.29) is 65.6 Å². The molecule has 65 heavy (non-hydrogen) atoms. The number of hydrogen-bond donors (Lipinski definition) is 2. The second kappa shape index (κ2) is 33.6. The summed E-state index contributed by atoms with van der Waals surface area (Å²) in [5, 5.41) is 22.7. The third-order valence-electron chi connectivity index (χ3n) is 11.4. The first-order chi connectivity index (χ1) is 30.9. The van der Waals surface area contributed by atoms with Crippen LogP contribution in [0.15, 0.2) is 94.7 Å². The van der Waals surface area contributed by atoms with Gasteiger partial charge >= 0.3 is 37.7 Å². The molecule has 0 aliphatic rings. The van der Waals surface area contributed by atoms with Gasteiger partial charge in [-0.05, 0) is 73.7 Å². The van der Waals surface area contributed by atoms with Gasteiger partial charge in [0.1, 0.15) is 43.8 Å². The van der Waals surface area contributed by atoms with Gasteiger partial charge in [0.05, 0.1) is 4.90 Å². The maximum absolute atomic E-state index is 12.4. The van der Waals surface area contributed by atoms with Gasteiger partial charge in [-0.15, -0.1) is 5.75 Å². The van der Waals surface area contributed by atoms with Gasteiger partial charge < -0.3 is 24.2 Å². The third kappa shape index (κ3) is 23.6. The summed E-state index contributed by atoms with van der Waals surface area (Å²) < 4.78 is 78.7. The molecule has 0 bridgehead atoms. The fraction of sp³-hybridized carbons (Fsp3) is 0.538. The van der Waals surface area contributed by atoms with Crippen molar-refractivity contribution >= 4 is 58.0 Å². The molecule has 10 nitrogen and oxygen atoms in total. The Bertz CT molecular complexity index is 1970. The van der Waals surface area contributed by atoms with E-state index in [0.29, 0.717) is 35.5 Å². The number of aromatic hydroxyl groups is 1. The van der Waals surface area contributed by atoms with E-state index in [1.54, 1.807) is 42.5 Å². The standard InChI is InChI=1S/2C26H38O5S.Ca/c2*1-2-3-4-5-6-7-8-9-10-11-12-13-17-22-23(27)18-16-20-24(22)31-25-19-14-15-21-26(25)32(28,29)30;/h2*14-16,18-21,27H,2-13,17H2,1H3,(H,28,29,30);/q;;+2/p-2. The molecule has 4 aromatic rings. The molecule has 13 heteroatoms. The number of phenolic OH excluding ortho intramolecular Hbond substituents is 1. The van der Waals surface area contributed by atoms with Gasteiger partial charge in [0.2, 0.25) is 0 Å². The largest absolute Gasteiger partial charge is 2.00 e. The average molecular weight is 963 g/mol. The summed E-state index contributed by atoms with van der Waals surface area (Å²) in [4.78, 5) is -0.715. The van der Waals surface area contributed by atoms with Crippen molar-refractivity contribution in [3.63, 3.8) is 0 Å². The smallest absolute Gasteiger partial charge is 0.872 e. The van der Waals surface area contributed by atoms with Crippen molar-refractivity contribution in [2.24, 2.45) is 0 Å². The molecule has 4 rings (SSSR count). The summed E-state index contributed by atoms with van der Waals surface area (Å²) in [5.41, 5.74) is 1.18. The van der Waals surface area contributed by atoms with Crippen LogP contribution < -0.4 is 14.6 Å². The first-order valence-electron chi connectivity index (χ1n) is 23.9. The molecule has 0 aliphatic heterocycles. The maximum atomic E-state index is 12.4. The zero-order valence-corrected chi connectivity index (χ0v) is 43.0. The monoisotopic (exact) mass is 962 g/mol. The van der Waals surface area contributed by atoms with E-state index in [1.165, 1.54) is 164 Å². The normalized spacial score (nSPS) is 11.4. The first-order valence-corrected chi connectivity index (χ1v) is 26.8. The number of para-hydroxylation sites is 2. The minimum absolute atomic E-state index is 0. The van der Waals surface area contributed by atoms with E-state index in [9.17, 15) is 36.2 Å². The van der Waals surface area contributed by atoms with Crippen molar-refractivity contribution in [3.05, 3.63) is 96.1 Å². The average Bonchev–Trinajstić information content (AvgIpc) is 3.26. The molecule has 0 saturated carbocycles. The van der Waals surface area contributed by atoms with Crippen LogP contribution in [0.1, 0.15) is 179 Å².